The van der Waals surface area contributed by atoms with Crippen LogP contribution in [0.4, 0.5) is 5.69 Å². The standard InChI is InChI=1S/C13H14ClN3O/c1-9-6-11(13(14)16-7-9)15-8-10-4-3-5-12(17-10)18-2/h3-7,15H,8H2,1-2H3. The van der Waals surface area contributed by atoms with E-state index in [-0.39, 0.29) is 0 Å². The number of halogens is 1. The number of anilines is 1. The Bertz CT molecular complexity index is 546. The highest BCUT2D eigenvalue weighted by Gasteiger charge is 2.03. The van der Waals surface area contributed by atoms with Crippen LogP contribution in [0.3, 0.4) is 0 Å². The molecule has 1 N–H and O–H groups in total. The molecule has 0 aliphatic rings. The maximum absolute atomic E-state index is 6.00. The van der Waals surface area contributed by atoms with Crippen LogP contribution in [0.1, 0.15) is 11.3 Å². The smallest absolute Gasteiger partial charge is 0.213 e. The largest absolute Gasteiger partial charge is 0.481 e. The predicted octanol–water partition coefficient (Wildman–Crippen LogP) is 3.06. The summed E-state index contributed by atoms with van der Waals surface area (Å²) in [5.74, 6) is 0.600. The fourth-order valence-corrected chi connectivity index (χ4v) is 1.70. The van der Waals surface area contributed by atoms with E-state index in [9.17, 15) is 0 Å². The van der Waals surface area contributed by atoms with Gasteiger partial charge >= 0.3 is 0 Å². The lowest BCUT2D eigenvalue weighted by atomic mass is 10.3. The Morgan fingerprint density at radius 3 is 3.00 bits per heavy atom. The Balaban J connectivity index is 2.08. The first-order valence-corrected chi connectivity index (χ1v) is 5.93. The van der Waals surface area contributed by atoms with Crippen LogP contribution in [-0.4, -0.2) is 17.1 Å². The summed E-state index contributed by atoms with van der Waals surface area (Å²) in [7, 11) is 1.60. The minimum absolute atomic E-state index is 0.462. The van der Waals surface area contributed by atoms with Crippen molar-refractivity contribution in [2.45, 2.75) is 13.5 Å². The maximum Gasteiger partial charge on any atom is 0.213 e. The van der Waals surface area contributed by atoms with Crippen LogP contribution >= 0.6 is 11.6 Å². The Morgan fingerprint density at radius 1 is 1.39 bits per heavy atom. The zero-order valence-corrected chi connectivity index (χ0v) is 11.0. The van der Waals surface area contributed by atoms with Crippen LogP contribution in [0.25, 0.3) is 0 Å². The molecule has 5 heteroatoms. The van der Waals surface area contributed by atoms with Crippen molar-refractivity contribution >= 4 is 17.3 Å². The van der Waals surface area contributed by atoms with E-state index < -0.39 is 0 Å². The molecule has 2 rings (SSSR count). The summed E-state index contributed by atoms with van der Waals surface area (Å²) in [5, 5.41) is 3.67. The van der Waals surface area contributed by atoms with Crippen molar-refractivity contribution in [3.8, 4) is 5.88 Å². The molecule has 0 saturated heterocycles. The summed E-state index contributed by atoms with van der Waals surface area (Å²) in [4.78, 5) is 8.39. The van der Waals surface area contributed by atoms with Crippen molar-refractivity contribution in [3.05, 3.63) is 46.9 Å². The first kappa shape index (κ1) is 12.6. The molecule has 0 bridgehead atoms. The van der Waals surface area contributed by atoms with Crippen molar-refractivity contribution in [1.82, 2.24) is 9.97 Å². The topological polar surface area (TPSA) is 47.0 Å². The van der Waals surface area contributed by atoms with Gasteiger partial charge in [-0.3, -0.25) is 0 Å². The zero-order valence-electron chi connectivity index (χ0n) is 10.3. The van der Waals surface area contributed by atoms with Gasteiger partial charge < -0.3 is 10.1 Å². The molecule has 2 heterocycles. The normalized spacial score (nSPS) is 10.2. The van der Waals surface area contributed by atoms with Gasteiger partial charge in [0.25, 0.3) is 0 Å². The third kappa shape index (κ3) is 3.11. The summed E-state index contributed by atoms with van der Waals surface area (Å²) < 4.78 is 5.07. The zero-order chi connectivity index (χ0) is 13.0. The molecule has 4 nitrogen and oxygen atoms in total. The van der Waals surface area contributed by atoms with Crippen molar-refractivity contribution in [2.75, 3.05) is 12.4 Å². The molecule has 0 spiro atoms. The number of rotatable bonds is 4. The minimum Gasteiger partial charge on any atom is -0.481 e. The molecular weight excluding hydrogens is 250 g/mol. The number of pyridine rings is 2. The number of aryl methyl sites for hydroxylation is 1. The van der Waals surface area contributed by atoms with E-state index in [2.05, 4.69) is 15.3 Å². The molecule has 0 aliphatic heterocycles. The third-order valence-electron chi connectivity index (χ3n) is 2.43. The summed E-state index contributed by atoms with van der Waals surface area (Å²) in [5.41, 5.74) is 2.74. The van der Waals surface area contributed by atoms with Crippen LogP contribution in [0, 0.1) is 6.92 Å². The Labute approximate surface area is 111 Å². The molecular formula is C13H14ClN3O. The predicted molar refractivity (Wildman–Crippen MR) is 72.1 cm³/mol. The lowest BCUT2D eigenvalue weighted by Crippen LogP contribution is -2.03. The van der Waals surface area contributed by atoms with E-state index in [0.717, 1.165) is 16.9 Å². The molecule has 2 aromatic heterocycles. The van der Waals surface area contributed by atoms with Gasteiger partial charge in [-0.05, 0) is 24.6 Å². The number of nitrogens with zero attached hydrogens (tertiary/aromatic N) is 2. The van der Waals surface area contributed by atoms with Gasteiger partial charge in [-0.15, -0.1) is 0 Å². The van der Waals surface area contributed by atoms with E-state index in [0.29, 0.717) is 17.6 Å². The average molecular weight is 264 g/mol. The molecule has 2 aromatic rings. The third-order valence-corrected chi connectivity index (χ3v) is 2.73. The second kappa shape index (κ2) is 5.69. The minimum atomic E-state index is 0.462. The second-order valence-corrected chi connectivity index (χ2v) is 4.23. The molecule has 0 unspecified atom stereocenters. The van der Waals surface area contributed by atoms with Gasteiger partial charge in [-0.25, -0.2) is 9.97 Å². The summed E-state index contributed by atoms with van der Waals surface area (Å²) in [6.45, 7) is 2.54. The fourth-order valence-electron chi connectivity index (χ4n) is 1.53. The SMILES string of the molecule is COc1cccc(CNc2cc(C)cnc2Cl)n1. The molecule has 94 valence electrons. The van der Waals surface area contributed by atoms with Crippen molar-refractivity contribution in [3.63, 3.8) is 0 Å². The highest BCUT2D eigenvalue weighted by molar-refractivity contribution is 6.31. The highest BCUT2D eigenvalue weighted by atomic mass is 35.5. The summed E-state index contributed by atoms with van der Waals surface area (Å²) in [6.07, 6.45) is 1.73. The number of hydrogen-bond donors (Lipinski definition) is 1. The van der Waals surface area contributed by atoms with Gasteiger partial charge in [-0.2, -0.15) is 0 Å². The van der Waals surface area contributed by atoms with E-state index in [1.807, 2.05) is 31.2 Å². The average Bonchev–Trinajstić information content (AvgIpc) is 2.40. The highest BCUT2D eigenvalue weighted by Crippen LogP contribution is 2.20. The number of methoxy groups -OCH3 is 1. The number of aromatic nitrogens is 2. The van der Waals surface area contributed by atoms with Crippen LogP contribution in [-0.2, 0) is 6.54 Å². The number of ether oxygens (including phenoxy) is 1. The molecule has 0 radical (unpaired) electrons. The second-order valence-electron chi connectivity index (χ2n) is 3.88. The lowest BCUT2D eigenvalue weighted by Gasteiger charge is -2.08. The monoisotopic (exact) mass is 263 g/mol. The maximum atomic E-state index is 6.00. The van der Waals surface area contributed by atoms with E-state index >= 15 is 0 Å². The van der Waals surface area contributed by atoms with Crippen LogP contribution < -0.4 is 10.1 Å². The van der Waals surface area contributed by atoms with E-state index in [1.165, 1.54) is 0 Å². The van der Waals surface area contributed by atoms with Gasteiger partial charge in [0, 0.05) is 12.3 Å². The fraction of sp³-hybridized carbons (Fsp3) is 0.231. The van der Waals surface area contributed by atoms with Gasteiger partial charge in [0.15, 0.2) is 5.15 Å². The molecule has 0 saturated carbocycles. The van der Waals surface area contributed by atoms with E-state index in [1.54, 1.807) is 13.3 Å². The van der Waals surface area contributed by atoms with Crippen molar-refractivity contribution < 1.29 is 4.74 Å². The Hall–Kier alpha value is -1.81. The molecule has 0 aromatic carbocycles. The molecule has 0 amide bonds. The van der Waals surface area contributed by atoms with Crippen molar-refractivity contribution in [2.24, 2.45) is 0 Å². The Kier molecular flexibility index (Phi) is 3.99. The lowest BCUT2D eigenvalue weighted by molar-refractivity contribution is 0.396. The molecule has 18 heavy (non-hydrogen) atoms. The first-order valence-electron chi connectivity index (χ1n) is 5.55. The molecule has 0 aliphatic carbocycles. The number of nitrogens with one attached hydrogen (secondary N) is 1. The van der Waals surface area contributed by atoms with Gasteiger partial charge in [0.1, 0.15) is 0 Å². The molecule has 0 fully saturated rings. The quantitative estimate of drug-likeness (QED) is 0.862. The van der Waals surface area contributed by atoms with E-state index in [4.69, 9.17) is 16.3 Å². The van der Waals surface area contributed by atoms with Gasteiger partial charge in [0.2, 0.25) is 5.88 Å². The summed E-state index contributed by atoms with van der Waals surface area (Å²) in [6, 6.07) is 7.59. The van der Waals surface area contributed by atoms with Crippen LogP contribution in [0.2, 0.25) is 5.15 Å². The van der Waals surface area contributed by atoms with Crippen LogP contribution in [0.15, 0.2) is 30.5 Å². The van der Waals surface area contributed by atoms with Crippen molar-refractivity contribution in [1.29, 1.82) is 0 Å². The Morgan fingerprint density at radius 2 is 2.22 bits per heavy atom. The number of hydrogen-bond acceptors (Lipinski definition) is 4. The van der Waals surface area contributed by atoms with Gasteiger partial charge in [-0.1, -0.05) is 17.7 Å². The molecule has 0 atom stereocenters. The van der Waals surface area contributed by atoms with Crippen LogP contribution in [0.5, 0.6) is 5.88 Å². The summed E-state index contributed by atoms with van der Waals surface area (Å²) >= 11 is 6.00. The van der Waals surface area contributed by atoms with Gasteiger partial charge in [0.05, 0.1) is 25.0 Å². The first-order chi connectivity index (χ1) is 8.69.